The van der Waals surface area contributed by atoms with E-state index in [4.69, 9.17) is 0 Å². The van der Waals surface area contributed by atoms with Crippen LogP contribution in [0.2, 0.25) is 0 Å². The van der Waals surface area contributed by atoms with Gasteiger partial charge < -0.3 is 0 Å². The van der Waals surface area contributed by atoms with Crippen molar-refractivity contribution in [2.24, 2.45) is 0 Å². The third-order valence-corrected chi connectivity index (χ3v) is 10.3. The van der Waals surface area contributed by atoms with Crippen LogP contribution in [-0.2, 0) is 0 Å². The summed E-state index contributed by atoms with van der Waals surface area (Å²) in [7, 11) is -1.00. The highest BCUT2D eigenvalue weighted by atomic mass is 31.1. The highest BCUT2D eigenvalue weighted by Crippen LogP contribution is 2.47. The van der Waals surface area contributed by atoms with Crippen molar-refractivity contribution in [3.63, 3.8) is 0 Å². The molecule has 1 aliphatic carbocycles. The predicted molar refractivity (Wildman–Crippen MR) is 144 cm³/mol. The monoisotopic (exact) mass is 448 g/mol. The molecule has 0 radical (unpaired) electrons. The van der Waals surface area contributed by atoms with Gasteiger partial charge in [-0.25, -0.2) is 0 Å². The van der Waals surface area contributed by atoms with Crippen molar-refractivity contribution in [3.05, 3.63) is 144 Å². The fourth-order valence-corrected chi connectivity index (χ4v) is 8.35. The van der Waals surface area contributed by atoms with E-state index in [1.54, 1.807) is 0 Å². The average Bonchev–Trinajstić information content (AvgIpc) is 2.86. The van der Waals surface area contributed by atoms with Crippen LogP contribution in [0, 0.1) is 0 Å². The summed E-state index contributed by atoms with van der Waals surface area (Å²) in [4.78, 5) is 0. The molecular formula is C30H26P2. The lowest BCUT2D eigenvalue weighted by atomic mass is 9.88. The van der Waals surface area contributed by atoms with Crippen molar-refractivity contribution in [2.75, 3.05) is 0 Å². The molecule has 0 nitrogen and oxygen atoms in total. The normalized spacial score (nSPS) is 15.9. The molecule has 0 atom stereocenters. The Hall–Kier alpha value is -2.78. The molecule has 2 heteroatoms. The molecule has 1 aliphatic rings. The van der Waals surface area contributed by atoms with Crippen LogP contribution in [-0.4, -0.2) is 0 Å². The van der Waals surface area contributed by atoms with Gasteiger partial charge in [-0.1, -0.05) is 121 Å². The van der Waals surface area contributed by atoms with Gasteiger partial charge in [-0.3, -0.25) is 0 Å². The van der Waals surface area contributed by atoms with Crippen LogP contribution in [0.3, 0.4) is 0 Å². The van der Waals surface area contributed by atoms with Gasteiger partial charge in [0.25, 0.3) is 0 Å². The van der Waals surface area contributed by atoms with Gasteiger partial charge in [0.05, 0.1) is 0 Å². The summed E-state index contributed by atoms with van der Waals surface area (Å²) in [6, 6.07) is 43.9. The molecule has 0 bridgehead atoms. The molecule has 0 amide bonds. The lowest BCUT2D eigenvalue weighted by molar-refractivity contribution is 0.830. The minimum absolute atomic E-state index is 0.501. The van der Waals surface area contributed by atoms with Crippen molar-refractivity contribution in [1.29, 1.82) is 0 Å². The highest BCUT2D eigenvalue weighted by molar-refractivity contribution is 7.76. The number of benzene rings is 4. The summed E-state index contributed by atoms with van der Waals surface area (Å²) >= 11 is 0. The van der Waals surface area contributed by atoms with Crippen LogP contribution in [0.1, 0.15) is 12.8 Å². The van der Waals surface area contributed by atoms with Gasteiger partial charge in [-0.05, 0) is 72.7 Å². The van der Waals surface area contributed by atoms with E-state index in [1.807, 2.05) is 0 Å². The molecule has 4 aromatic rings. The third-order valence-electron chi connectivity index (χ3n) is 5.78. The second-order valence-electron chi connectivity index (χ2n) is 7.89. The maximum Gasteiger partial charge on any atom is -0.0157 e. The lowest BCUT2D eigenvalue weighted by Gasteiger charge is -2.27. The van der Waals surface area contributed by atoms with E-state index in [1.165, 1.54) is 45.2 Å². The number of allylic oxidation sites excluding steroid dienone is 2. The van der Waals surface area contributed by atoms with Gasteiger partial charge in [-0.2, -0.15) is 0 Å². The molecule has 156 valence electrons. The van der Waals surface area contributed by atoms with E-state index < -0.39 is 15.8 Å². The Morgan fingerprint density at radius 2 is 0.625 bits per heavy atom. The first kappa shape index (κ1) is 21.1. The van der Waals surface area contributed by atoms with Crippen molar-refractivity contribution in [1.82, 2.24) is 0 Å². The molecule has 4 aromatic carbocycles. The van der Waals surface area contributed by atoms with Gasteiger partial charge in [-0.15, -0.1) is 0 Å². The number of hydrogen-bond acceptors (Lipinski definition) is 0. The Morgan fingerprint density at radius 1 is 0.375 bits per heavy atom. The summed E-state index contributed by atoms with van der Waals surface area (Å²) in [6.07, 6.45) is 2.36. The molecule has 5 rings (SSSR count). The van der Waals surface area contributed by atoms with Crippen LogP contribution in [0.15, 0.2) is 144 Å². The Balaban J connectivity index is 1.53. The van der Waals surface area contributed by atoms with E-state index in [0.717, 1.165) is 0 Å². The van der Waals surface area contributed by atoms with Gasteiger partial charge in [0.1, 0.15) is 0 Å². The first-order valence-corrected chi connectivity index (χ1v) is 13.9. The molecule has 0 unspecified atom stereocenters. The molecule has 0 aliphatic heterocycles. The summed E-state index contributed by atoms with van der Waals surface area (Å²) < 4.78 is 0. The molecule has 0 saturated heterocycles. The van der Waals surface area contributed by atoms with Gasteiger partial charge in [0, 0.05) is 0 Å². The smallest absolute Gasteiger partial charge is 0.0157 e. The summed E-state index contributed by atoms with van der Waals surface area (Å²) in [5.74, 6) is 5.14. The van der Waals surface area contributed by atoms with E-state index in [-0.39, 0.29) is 0 Å². The fraction of sp³-hybridized carbons (Fsp3) is 0.0667. The fourth-order valence-electron chi connectivity index (χ4n) is 3.97. The lowest BCUT2D eigenvalue weighted by Crippen LogP contribution is -2.14. The summed E-state index contributed by atoms with van der Waals surface area (Å²) in [5.41, 5.74) is 3.06. The first-order chi connectivity index (χ1) is 15.9. The minimum Gasteiger partial charge on any atom is -0.0622 e. The predicted octanol–water partition coefficient (Wildman–Crippen LogP) is 6.81. The van der Waals surface area contributed by atoms with E-state index in [9.17, 15) is 0 Å². The quantitative estimate of drug-likeness (QED) is 0.284. The van der Waals surface area contributed by atoms with E-state index >= 15 is 0 Å². The number of hydrogen-bond donors (Lipinski definition) is 0. The van der Waals surface area contributed by atoms with Crippen LogP contribution >= 0.6 is 15.8 Å². The number of rotatable bonds is 6. The van der Waals surface area contributed by atoms with Crippen molar-refractivity contribution < 1.29 is 0 Å². The van der Waals surface area contributed by atoms with Crippen molar-refractivity contribution in [3.8, 4) is 0 Å². The maximum absolute atomic E-state index is 2.57. The van der Waals surface area contributed by atoms with Gasteiger partial charge >= 0.3 is 0 Å². The second kappa shape index (κ2) is 10.2. The standard InChI is InChI=1S/C30H26P2/c1-5-13-27(14-6-1)31(28-15-7-2-8-16-28)23-25-21-22-26(25)24-32(29-17-9-3-10-18-29)30-19-11-4-12-20-30/h1-20,23-24H,21-22H2/b25-23-,26-24+. The van der Waals surface area contributed by atoms with Crippen LogP contribution < -0.4 is 21.2 Å². The Labute approximate surface area is 193 Å². The zero-order chi connectivity index (χ0) is 21.6. The Morgan fingerprint density at radius 3 is 0.844 bits per heavy atom. The van der Waals surface area contributed by atoms with Gasteiger partial charge in [0.15, 0.2) is 0 Å². The Kier molecular flexibility index (Phi) is 6.74. The maximum atomic E-state index is 2.57. The summed E-state index contributed by atoms with van der Waals surface area (Å²) in [5, 5.41) is 5.67. The van der Waals surface area contributed by atoms with Gasteiger partial charge in [0.2, 0.25) is 0 Å². The van der Waals surface area contributed by atoms with Crippen LogP contribution in [0.25, 0.3) is 0 Å². The minimum atomic E-state index is -0.501. The third kappa shape index (κ3) is 4.83. The molecule has 0 heterocycles. The largest absolute Gasteiger partial charge is 0.0622 e. The Bertz CT molecular complexity index is 1020. The van der Waals surface area contributed by atoms with Crippen LogP contribution in [0.5, 0.6) is 0 Å². The zero-order valence-corrected chi connectivity index (χ0v) is 19.8. The highest BCUT2D eigenvalue weighted by Gasteiger charge is 2.22. The first-order valence-electron chi connectivity index (χ1n) is 11.1. The molecule has 0 spiro atoms. The van der Waals surface area contributed by atoms with E-state index in [0.29, 0.717) is 0 Å². The molecular weight excluding hydrogens is 422 g/mol. The van der Waals surface area contributed by atoms with Crippen LogP contribution in [0.4, 0.5) is 0 Å². The molecule has 1 saturated carbocycles. The molecule has 32 heavy (non-hydrogen) atoms. The topological polar surface area (TPSA) is 0 Å². The SMILES string of the molecule is C(=C1\CC\C1=C/P(c1ccccc1)c1ccccc1)/P(c1ccccc1)c1ccccc1. The zero-order valence-electron chi connectivity index (χ0n) is 18.0. The van der Waals surface area contributed by atoms with Crippen molar-refractivity contribution in [2.45, 2.75) is 12.8 Å². The molecule has 1 fully saturated rings. The molecule has 0 aromatic heterocycles. The van der Waals surface area contributed by atoms with E-state index in [2.05, 4.69) is 133 Å². The average molecular weight is 448 g/mol. The van der Waals surface area contributed by atoms with Crippen molar-refractivity contribution >= 4 is 37.1 Å². The molecule has 0 N–H and O–H groups in total. The summed E-state index contributed by atoms with van der Waals surface area (Å²) in [6.45, 7) is 0. The second-order valence-corrected chi connectivity index (χ2v) is 12.0.